The van der Waals surface area contributed by atoms with E-state index in [4.69, 9.17) is 9.47 Å². The van der Waals surface area contributed by atoms with E-state index in [2.05, 4.69) is 5.32 Å². The predicted molar refractivity (Wildman–Crippen MR) is 77.8 cm³/mol. The molecule has 0 amide bonds. The van der Waals surface area contributed by atoms with Crippen LogP contribution in [0.1, 0.15) is 57.8 Å². The van der Waals surface area contributed by atoms with Crippen LogP contribution in [0, 0.1) is 0 Å². The molecule has 3 aliphatic rings. The fourth-order valence-electron chi connectivity index (χ4n) is 4.24. The largest absolute Gasteiger partial charge is 0.394 e. The highest BCUT2D eigenvalue weighted by molar-refractivity contribution is 4.97. The lowest BCUT2D eigenvalue weighted by molar-refractivity contribution is -0.115. The molecule has 0 aromatic heterocycles. The molecule has 1 atom stereocenters. The van der Waals surface area contributed by atoms with Crippen LogP contribution in [0.2, 0.25) is 0 Å². The first-order valence-corrected chi connectivity index (χ1v) is 8.36. The van der Waals surface area contributed by atoms with Crippen molar-refractivity contribution in [2.75, 3.05) is 26.4 Å². The molecule has 4 nitrogen and oxygen atoms in total. The van der Waals surface area contributed by atoms with Crippen molar-refractivity contribution in [2.24, 2.45) is 0 Å². The fourth-order valence-corrected chi connectivity index (χ4v) is 4.24. The number of hydrogen-bond acceptors (Lipinski definition) is 4. The minimum absolute atomic E-state index is 0.115. The number of nitrogens with one attached hydrogen (secondary N) is 1. The second kappa shape index (κ2) is 6.30. The summed E-state index contributed by atoms with van der Waals surface area (Å²) < 4.78 is 11.6. The lowest BCUT2D eigenvalue weighted by atomic mass is 9.77. The maximum Gasteiger partial charge on any atom is 0.0697 e. The van der Waals surface area contributed by atoms with Gasteiger partial charge in [-0.25, -0.2) is 0 Å². The van der Waals surface area contributed by atoms with E-state index >= 15 is 0 Å². The van der Waals surface area contributed by atoms with Crippen LogP contribution in [-0.2, 0) is 9.47 Å². The number of ether oxygens (including phenoxy) is 2. The minimum Gasteiger partial charge on any atom is -0.394 e. The van der Waals surface area contributed by atoms with Crippen molar-refractivity contribution in [3.05, 3.63) is 0 Å². The first kappa shape index (κ1) is 14.8. The highest BCUT2D eigenvalue weighted by Gasteiger charge is 2.41. The molecule has 0 radical (unpaired) electrons. The number of hydrogen-bond donors (Lipinski definition) is 2. The summed E-state index contributed by atoms with van der Waals surface area (Å²) in [5.41, 5.74) is 0.0199. The standard InChI is InChI=1S/C16H29NO3/c18-13-15(7-10-19-11-8-15)17-14-4-9-20-16(12-14)5-2-1-3-6-16/h14,17-18H,1-13H2. The zero-order chi connectivity index (χ0) is 13.9. The molecular weight excluding hydrogens is 254 g/mol. The maximum absolute atomic E-state index is 9.82. The van der Waals surface area contributed by atoms with Gasteiger partial charge in [0.15, 0.2) is 0 Å². The predicted octanol–water partition coefficient (Wildman–Crippen LogP) is 2.00. The topological polar surface area (TPSA) is 50.7 Å². The Morgan fingerprint density at radius 2 is 1.75 bits per heavy atom. The Kier molecular flexibility index (Phi) is 4.65. The van der Waals surface area contributed by atoms with Crippen LogP contribution in [0.15, 0.2) is 0 Å². The van der Waals surface area contributed by atoms with E-state index in [0.717, 1.165) is 45.5 Å². The molecule has 2 saturated heterocycles. The first-order valence-electron chi connectivity index (χ1n) is 8.36. The quantitative estimate of drug-likeness (QED) is 0.832. The van der Waals surface area contributed by atoms with Gasteiger partial charge in [-0.1, -0.05) is 19.3 Å². The van der Waals surface area contributed by atoms with Crippen LogP contribution in [-0.4, -0.2) is 48.7 Å². The Hall–Kier alpha value is -0.160. The Labute approximate surface area is 122 Å². The van der Waals surface area contributed by atoms with Crippen molar-refractivity contribution in [1.82, 2.24) is 5.32 Å². The van der Waals surface area contributed by atoms with Crippen LogP contribution in [0.25, 0.3) is 0 Å². The summed E-state index contributed by atoms with van der Waals surface area (Å²) in [4.78, 5) is 0. The molecule has 4 heteroatoms. The summed E-state index contributed by atoms with van der Waals surface area (Å²) in [6.45, 7) is 2.63. The summed E-state index contributed by atoms with van der Waals surface area (Å²) in [6.07, 6.45) is 10.5. The molecule has 3 rings (SSSR count). The summed E-state index contributed by atoms with van der Waals surface area (Å²) in [5.74, 6) is 0. The molecule has 0 bridgehead atoms. The molecule has 0 aromatic carbocycles. The summed E-state index contributed by atoms with van der Waals surface area (Å²) in [6, 6.07) is 0.493. The third kappa shape index (κ3) is 3.19. The first-order chi connectivity index (χ1) is 9.76. The van der Waals surface area contributed by atoms with Crippen molar-refractivity contribution in [2.45, 2.75) is 75.0 Å². The second-order valence-electron chi connectivity index (χ2n) is 6.98. The summed E-state index contributed by atoms with van der Waals surface area (Å²) >= 11 is 0. The maximum atomic E-state index is 9.82. The molecule has 1 unspecified atom stereocenters. The summed E-state index contributed by atoms with van der Waals surface area (Å²) in [5, 5.41) is 13.6. The molecule has 1 saturated carbocycles. The Morgan fingerprint density at radius 3 is 2.45 bits per heavy atom. The molecule has 1 aliphatic carbocycles. The van der Waals surface area contributed by atoms with Gasteiger partial charge in [0.25, 0.3) is 0 Å². The second-order valence-corrected chi connectivity index (χ2v) is 6.98. The number of aliphatic hydroxyl groups excluding tert-OH is 1. The van der Waals surface area contributed by atoms with Crippen LogP contribution >= 0.6 is 0 Å². The molecule has 3 fully saturated rings. The van der Waals surface area contributed by atoms with Crippen LogP contribution in [0.5, 0.6) is 0 Å². The molecule has 1 spiro atoms. The molecular formula is C16H29NO3. The Bertz CT molecular complexity index is 303. The van der Waals surface area contributed by atoms with Gasteiger partial charge in [0.2, 0.25) is 0 Å². The van der Waals surface area contributed by atoms with Gasteiger partial charge in [0.1, 0.15) is 0 Å². The van der Waals surface area contributed by atoms with Gasteiger partial charge in [0, 0.05) is 31.4 Å². The third-order valence-electron chi connectivity index (χ3n) is 5.52. The van der Waals surface area contributed by atoms with Gasteiger partial charge in [-0.3, -0.25) is 0 Å². The van der Waals surface area contributed by atoms with Crippen molar-refractivity contribution < 1.29 is 14.6 Å². The lowest BCUT2D eigenvalue weighted by Crippen LogP contribution is -2.59. The van der Waals surface area contributed by atoms with E-state index in [0.29, 0.717) is 6.04 Å². The molecule has 2 N–H and O–H groups in total. The van der Waals surface area contributed by atoms with E-state index in [1.54, 1.807) is 0 Å². The van der Waals surface area contributed by atoms with Crippen molar-refractivity contribution in [1.29, 1.82) is 0 Å². The van der Waals surface area contributed by atoms with E-state index in [1.807, 2.05) is 0 Å². The van der Waals surface area contributed by atoms with E-state index < -0.39 is 0 Å². The van der Waals surface area contributed by atoms with Crippen LogP contribution in [0.4, 0.5) is 0 Å². The molecule has 2 aliphatic heterocycles. The van der Waals surface area contributed by atoms with Gasteiger partial charge in [-0.05, 0) is 38.5 Å². The van der Waals surface area contributed by atoms with E-state index in [1.165, 1.54) is 32.1 Å². The monoisotopic (exact) mass is 283 g/mol. The minimum atomic E-state index is -0.115. The van der Waals surface area contributed by atoms with E-state index in [-0.39, 0.29) is 17.7 Å². The van der Waals surface area contributed by atoms with Gasteiger partial charge >= 0.3 is 0 Å². The van der Waals surface area contributed by atoms with Gasteiger partial charge in [-0.2, -0.15) is 0 Å². The van der Waals surface area contributed by atoms with Gasteiger partial charge < -0.3 is 19.9 Å². The normalized spacial score (nSPS) is 33.1. The molecule has 2 heterocycles. The van der Waals surface area contributed by atoms with Crippen LogP contribution < -0.4 is 5.32 Å². The highest BCUT2D eigenvalue weighted by Crippen LogP contribution is 2.39. The molecule has 20 heavy (non-hydrogen) atoms. The average Bonchev–Trinajstić information content (AvgIpc) is 2.49. The average molecular weight is 283 g/mol. The number of rotatable bonds is 3. The highest BCUT2D eigenvalue weighted by atomic mass is 16.5. The van der Waals surface area contributed by atoms with Crippen LogP contribution in [0.3, 0.4) is 0 Å². The van der Waals surface area contributed by atoms with Gasteiger partial charge in [-0.15, -0.1) is 0 Å². The lowest BCUT2D eigenvalue weighted by Gasteiger charge is -2.47. The Balaban J connectivity index is 1.61. The SMILES string of the molecule is OCC1(NC2CCOC3(CCCCC3)C2)CCOCC1. The van der Waals surface area contributed by atoms with Crippen molar-refractivity contribution in [3.63, 3.8) is 0 Å². The third-order valence-corrected chi connectivity index (χ3v) is 5.52. The Morgan fingerprint density at radius 1 is 1.00 bits per heavy atom. The van der Waals surface area contributed by atoms with E-state index in [9.17, 15) is 5.11 Å². The van der Waals surface area contributed by atoms with Crippen molar-refractivity contribution >= 4 is 0 Å². The molecule has 0 aromatic rings. The summed E-state index contributed by atoms with van der Waals surface area (Å²) in [7, 11) is 0. The number of aliphatic hydroxyl groups is 1. The van der Waals surface area contributed by atoms with Crippen molar-refractivity contribution in [3.8, 4) is 0 Å². The molecule has 116 valence electrons. The zero-order valence-electron chi connectivity index (χ0n) is 12.5. The van der Waals surface area contributed by atoms with Gasteiger partial charge in [0.05, 0.1) is 12.2 Å². The fraction of sp³-hybridized carbons (Fsp3) is 1.00. The zero-order valence-corrected chi connectivity index (χ0v) is 12.5. The smallest absolute Gasteiger partial charge is 0.0697 e.